The van der Waals surface area contributed by atoms with Crippen LogP contribution in [0.15, 0.2) is 42.5 Å². The number of ether oxygens (including phenoxy) is 2. The number of hydrogen-bond donors (Lipinski definition) is 1. The molecule has 39 heavy (non-hydrogen) atoms. The third kappa shape index (κ3) is 9.49. The number of benzene rings is 1. The number of nitrogens with zero attached hydrogens (tertiary/aromatic N) is 2. The summed E-state index contributed by atoms with van der Waals surface area (Å²) >= 11 is 0. The Labute approximate surface area is 231 Å². The molecule has 1 fully saturated rings. The van der Waals surface area contributed by atoms with E-state index in [1.54, 1.807) is 36.6 Å². The first kappa shape index (κ1) is 30.3. The number of aliphatic hydroxyl groups is 1. The van der Waals surface area contributed by atoms with Crippen molar-refractivity contribution in [1.29, 1.82) is 0 Å². The molecule has 0 saturated carbocycles. The van der Waals surface area contributed by atoms with Gasteiger partial charge in [0.2, 0.25) is 11.8 Å². The van der Waals surface area contributed by atoms with Gasteiger partial charge in [-0.2, -0.15) is 0 Å². The predicted octanol–water partition coefficient (Wildman–Crippen LogP) is 3.25. The summed E-state index contributed by atoms with van der Waals surface area (Å²) in [5.41, 5.74) is 0.290. The Balaban J connectivity index is 1.76. The third-order valence-electron chi connectivity index (χ3n) is 6.96. The second-order valence-electron chi connectivity index (χ2n) is 11.3. The molecule has 0 aromatic heterocycles. The van der Waals surface area contributed by atoms with Crippen LogP contribution in [0.4, 0.5) is 0 Å². The standard InChI is InChI=1S/C30H42N2O7/c1-30(2,3)39-27(35)19-24-13-8-7-12-23(28(36)32-15-9-14-25(32)21-38-29(24)37)18-26(34)31(16-17-33)20-22-10-5-4-6-11-22/h4-8,10-11,23-25,33H,9,12-21H2,1-3H3/b8-7+/t23-,24+,25+/m1/s1. The molecule has 1 aromatic carbocycles. The van der Waals surface area contributed by atoms with Crippen LogP contribution in [-0.4, -0.2) is 76.6 Å². The molecule has 2 aliphatic rings. The monoisotopic (exact) mass is 542 g/mol. The van der Waals surface area contributed by atoms with Crippen molar-refractivity contribution in [3.8, 4) is 0 Å². The Hall–Kier alpha value is -3.20. The van der Waals surface area contributed by atoms with Crippen LogP contribution < -0.4 is 0 Å². The molecular formula is C30H42N2O7. The minimum absolute atomic E-state index is 0.0142. The van der Waals surface area contributed by atoms with Gasteiger partial charge >= 0.3 is 11.9 Å². The van der Waals surface area contributed by atoms with Gasteiger partial charge in [-0.15, -0.1) is 0 Å². The van der Waals surface area contributed by atoms with Gasteiger partial charge in [-0.25, -0.2) is 0 Å². The number of esters is 2. The lowest BCUT2D eigenvalue weighted by molar-refractivity contribution is -0.162. The fraction of sp³-hybridized carbons (Fsp3) is 0.600. The predicted molar refractivity (Wildman–Crippen MR) is 145 cm³/mol. The molecule has 0 unspecified atom stereocenters. The topological polar surface area (TPSA) is 113 Å². The molecule has 2 heterocycles. The largest absolute Gasteiger partial charge is 0.463 e. The average Bonchev–Trinajstić information content (AvgIpc) is 3.35. The molecule has 0 radical (unpaired) electrons. The highest BCUT2D eigenvalue weighted by Crippen LogP contribution is 2.26. The zero-order valence-corrected chi connectivity index (χ0v) is 23.3. The van der Waals surface area contributed by atoms with E-state index in [0.717, 1.165) is 12.0 Å². The maximum atomic E-state index is 13.6. The molecule has 9 nitrogen and oxygen atoms in total. The van der Waals surface area contributed by atoms with Crippen LogP contribution in [0.5, 0.6) is 0 Å². The Morgan fingerprint density at radius 2 is 1.77 bits per heavy atom. The second-order valence-corrected chi connectivity index (χ2v) is 11.3. The molecule has 0 aliphatic carbocycles. The van der Waals surface area contributed by atoms with E-state index in [2.05, 4.69) is 0 Å². The zero-order valence-electron chi connectivity index (χ0n) is 23.3. The second kappa shape index (κ2) is 14.3. The first-order valence-electron chi connectivity index (χ1n) is 13.8. The van der Waals surface area contributed by atoms with Crippen molar-refractivity contribution >= 4 is 23.8 Å². The lowest BCUT2D eigenvalue weighted by Gasteiger charge is -2.30. The summed E-state index contributed by atoms with van der Waals surface area (Å²) in [7, 11) is 0. The van der Waals surface area contributed by atoms with E-state index >= 15 is 0 Å². The minimum atomic E-state index is -0.688. The van der Waals surface area contributed by atoms with E-state index in [9.17, 15) is 24.3 Å². The van der Waals surface area contributed by atoms with Crippen LogP contribution in [0.3, 0.4) is 0 Å². The number of allylic oxidation sites excluding steroid dienone is 2. The normalized spacial score (nSPS) is 23.2. The van der Waals surface area contributed by atoms with Gasteiger partial charge in [0.25, 0.3) is 0 Å². The van der Waals surface area contributed by atoms with E-state index in [-0.39, 0.29) is 56.9 Å². The molecule has 1 aromatic rings. The summed E-state index contributed by atoms with van der Waals surface area (Å²) in [6.45, 7) is 6.29. The van der Waals surface area contributed by atoms with E-state index in [1.807, 2.05) is 36.4 Å². The lowest BCUT2D eigenvalue weighted by Crippen LogP contribution is -2.44. The van der Waals surface area contributed by atoms with E-state index in [1.165, 1.54) is 0 Å². The lowest BCUT2D eigenvalue weighted by atomic mass is 9.95. The van der Waals surface area contributed by atoms with Crippen molar-refractivity contribution in [3.63, 3.8) is 0 Å². The Morgan fingerprint density at radius 1 is 1.08 bits per heavy atom. The first-order valence-corrected chi connectivity index (χ1v) is 13.8. The SMILES string of the molecule is CC(C)(C)OC(=O)C[C@@H]1C/C=C/C[C@H](CC(=O)N(CCO)Cc2ccccc2)C(=O)N2CCC[C@H]2COC1=O. The summed E-state index contributed by atoms with van der Waals surface area (Å²) < 4.78 is 11.0. The van der Waals surface area contributed by atoms with Gasteiger partial charge in [0, 0.05) is 26.1 Å². The molecule has 1 N–H and O–H groups in total. The van der Waals surface area contributed by atoms with Crippen molar-refractivity contribution < 1.29 is 33.8 Å². The number of carbonyl (C=O) groups excluding carboxylic acids is 4. The molecule has 9 heteroatoms. The fourth-order valence-corrected chi connectivity index (χ4v) is 5.03. The Bertz CT molecular complexity index is 1020. The zero-order chi connectivity index (χ0) is 28.4. The highest BCUT2D eigenvalue weighted by Gasteiger charge is 2.36. The Kier molecular flexibility index (Phi) is 11.1. The van der Waals surface area contributed by atoms with Crippen molar-refractivity contribution in [1.82, 2.24) is 9.80 Å². The van der Waals surface area contributed by atoms with Gasteiger partial charge in [0.1, 0.15) is 12.2 Å². The number of fused-ring (bicyclic) bond motifs is 1. The molecule has 2 amide bonds. The summed E-state index contributed by atoms with van der Waals surface area (Å²) in [6.07, 6.45) is 5.61. The summed E-state index contributed by atoms with van der Waals surface area (Å²) in [5, 5.41) is 9.57. The van der Waals surface area contributed by atoms with Gasteiger partial charge < -0.3 is 24.4 Å². The average molecular weight is 543 g/mol. The Morgan fingerprint density at radius 3 is 2.44 bits per heavy atom. The molecule has 1 saturated heterocycles. The van der Waals surface area contributed by atoms with Gasteiger partial charge in [-0.1, -0.05) is 42.5 Å². The number of cyclic esters (lactones) is 1. The van der Waals surface area contributed by atoms with Crippen molar-refractivity contribution in [2.75, 3.05) is 26.3 Å². The van der Waals surface area contributed by atoms with Crippen LogP contribution in [-0.2, 0) is 35.2 Å². The van der Waals surface area contributed by atoms with Gasteiger partial charge in [0.05, 0.1) is 30.9 Å². The summed E-state index contributed by atoms with van der Waals surface area (Å²) in [4.78, 5) is 55.6. The van der Waals surface area contributed by atoms with E-state index in [0.29, 0.717) is 25.9 Å². The van der Waals surface area contributed by atoms with Gasteiger partial charge in [-0.3, -0.25) is 19.2 Å². The van der Waals surface area contributed by atoms with E-state index in [4.69, 9.17) is 9.47 Å². The van der Waals surface area contributed by atoms with Crippen molar-refractivity contribution in [3.05, 3.63) is 48.0 Å². The number of hydrogen-bond acceptors (Lipinski definition) is 7. The van der Waals surface area contributed by atoms with Crippen molar-refractivity contribution in [2.45, 2.75) is 77.5 Å². The molecule has 0 spiro atoms. The molecule has 214 valence electrons. The minimum Gasteiger partial charge on any atom is -0.463 e. The van der Waals surface area contributed by atoms with Crippen LogP contribution in [0, 0.1) is 11.8 Å². The van der Waals surface area contributed by atoms with Crippen LogP contribution in [0.1, 0.15) is 64.9 Å². The highest BCUT2D eigenvalue weighted by atomic mass is 16.6. The maximum Gasteiger partial charge on any atom is 0.309 e. The molecular weight excluding hydrogens is 500 g/mol. The summed E-state index contributed by atoms with van der Waals surface area (Å²) in [5.74, 6) is -2.53. The molecule has 3 atom stereocenters. The number of rotatable bonds is 8. The molecule has 3 rings (SSSR count). The molecule has 0 bridgehead atoms. The van der Waals surface area contributed by atoms with Crippen LogP contribution >= 0.6 is 0 Å². The highest BCUT2D eigenvalue weighted by molar-refractivity contribution is 5.86. The molecule has 2 aliphatic heterocycles. The van der Waals surface area contributed by atoms with Crippen LogP contribution in [0.2, 0.25) is 0 Å². The van der Waals surface area contributed by atoms with Crippen LogP contribution in [0.25, 0.3) is 0 Å². The maximum absolute atomic E-state index is 13.6. The van der Waals surface area contributed by atoms with Gasteiger partial charge in [-0.05, 0) is 52.0 Å². The quantitative estimate of drug-likeness (QED) is 0.396. The summed E-state index contributed by atoms with van der Waals surface area (Å²) in [6, 6.07) is 9.28. The smallest absolute Gasteiger partial charge is 0.309 e. The number of aliphatic hydroxyl groups excluding tert-OH is 1. The van der Waals surface area contributed by atoms with Gasteiger partial charge in [0.15, 0.2) is 0 Å². The first-order chi connectivity index (χ1) is 18.6. The third-order valence-corrected chi connectivity index (χ3v) is 6.96. The van der Waals surface area contributed by atoms with Crippen molar-refractivity contribution in [2.24, 2.45) is 11.8 Å². The fourth-order valence-electron chi connectivity index (χ4n) is 5.03. The number of carbonyl (C=O) groups is 4. The number of amides is 2. The van der Waals surface area contributed by atoms with E-state index < -0.39 is 29.4 Å².